The number of fused-ring (bicyclic) bond motifs is 1. The van der Waals surface area contributed by atoms with Crippen LogP contribution in [0.5, 0.6) is 11.5 Å². The zero-order valence-corrected chi connectivity index (χ0v) is 18.0. The Bertz CT molecular complexity index is 1320. The normalized spacial score (nSPS) is 18.2. The van der Waals surface area contributed by atoms with Gasteiger partial charge in [0.05, 0.1) is 31.2 Å². The number of likely N-dealkylation sites (tertiary alicyclic amines) is 1. The molecule has 9 nitrogen and oxygen atoms in total. The van der Waals surface area contributed by atoms with E-state index in [2.05, 4.69) is 9.97 Å². The van der Waals surface area contributed by atoms with Crippen molar-refractivity contribution in [2.45, 2.75) is 37.8 Å². The lowest BCUT2D eigenvalue weighted by molar-refractivity contribution is 0.0735. The number of benzene rings is 1. The molecule has 2 fully saturated rings. The summed E-state index contributed by atoms with van der Waals surface area (Å²) in [6.45, 7) is 0.605. The molecule has 1 saturated carbocycles. The summed E-state index contributed by atoms with van der Waals surface area (Å²) in [6, 6.07) is 7.16. The van der Waals surface area contributed by atoms with Gasteiger partial charge in [-0.25, -0.2) is 9.78 Å². The summed E-state index contributed by atoms with van der Waals surface area (Å²) >= 11 is 0. The van der Waals surface area contributed by atoms with E-state index in [1.54, 1.807) is 25.2 Å². The summed E-state index contributed by atoms with van der Waals surface area (Å²) < 4.78 is 12.3. The Morgan fingerprint density at radius 1 is 1.09 bits per heavy atom. The fourth-order valence-corrected chi connectivity index (χ4v) is 4.51. The Hall–Kier alpha value is -3.62. The maximum absolute atomic E-state index is 13.4. The molecule has 1 amide bonds. The van der Waals surface area contributed by atoms with Gasteiger partial charge >= 0.3 is 5.69 Å². The number of methoxy groups -OCH3 is 2. The van der Waals surface area contributed by atoms with Crippen LogP contribution in [0.4, 0.5) is 0 Å². The summed E-state index contributed by atoms with van der Waals surface area (Å²) in [7, 11) is 3.17. The van der Waals surface area contributed by atoms with Gasteiger partial charge < -0.3 is 14.4 Å². The Morgan fingerprint density at radius 3 is 2.59 bits per heavy atom. The van der Waals surface area contributed by atoms with Crippen LogP contribution in [0, 0.1) is 0 Å². The highest BCUT2D eigenvalue weighted by Crippen LogP contribution is 2.38. The predicted molar refractivity (Wildman–Crippen MR) is 117 cm³/mol. The second-order valence-corrected chi connectivity index (χ2v) is 8.23. The molecule has 0 radical (unpaired) electrons. The SMILES string of the molecule is COc1ccc(C2CCCN2C(=O)c2cnc3c(c2)c(=O)[nH]c(=O)n3C2CC2)cc1OC. The number of pyridine rings is 1. The van der Waals surface area contributed by atoms with Gasteiger partial charge in [0.15, 0.2) is 11.5 Å². The number of aromatic nitrogens is 3. The van der Waals surface area contributed by atoms with Gasteiger partial charge in [-0.2, -0.15) is 0 Å². The summed E-state index contributed by atoms with van der Waals surface area (Å²) in [5.41, 5.74) is 0.640. The number of rotatable bonds is 5. The Morgan fingerprint density at radius 2 is 1.88 bits per heavy atom. The zero-order chi connectivity index (χ0) is 22.4. The molecule has 166 valence electrons. The molecule has 0 spiro atoms. The first kappa shape index (κ1) is 20.3. The maximum Gasteiger partial charge on any atom is 0.330 e. The number of nitrogens with one attached hydrogen (secondary N) is 1. The fourth-order valence-electron chi connectivity index (χ4n) is 4.51. The first-order chi connectivity index (χ1) is 15.5. The Kier molecular flexibility index (Phi) is 4.96. The lowest BCUT2D eigenvalue weighted by atomic mass is 10.0. The van der Waals surface area contributed by atoms with Crippen LogP contribution in [0.2, 0.25) is 0 Å². The molecule has 9 heteroatoms. The van der Waals surface area contributed by atoms with E-state index in [1.807, 2.05) is 18.2 Å². The molecular weight excluding hydrogens is 412 g/mol. The number of ether oxygens (including phenoxy) is 2. The minimum absolute atomic E-state index is 0.0592. The van der Waals surface area contributed by atoms with Gasteiger partial charge in [-0.3, -0.25) is 19.1 Å². The number of carbonyl (C=O) groups is 1. The molecule has 1 aliphatic heterocycles. The third kappa shape index (κ3) is 3.34. The van der Waals surface area contributed by atoms with Gasteiger partial charge in [-0.05, 0) is 49.4 Å². The van der Waals surface area contributed by atoms with Gasteiger partial charge in [-0.15, -0.1) is 0 Å². The van der Waals surface area contributed by atoms with Crippen molar-refractivity contribution in [3.63, 3.8) is 0 Å². The largest absolute Gasteiger partial charge is 0.493 e. The zero-order valence-electron chi connectivity index (χ0n) is 18.0. The van der Waals surface area contributed by atoms with Crippen LogP contribution in [-0.2, 0) is 0 Å². The lowest BCUT2D eigenvalue weighted by Crippen LogP contribution is -2.32. The van der Waals surface area contributed by atoms with Crippen molar-refractivity contribution in [2.24, 2.45) is 0 Å². The minimum Gasteiger partial charge on any atom is -0.493 e. The van der Waals surface area contributed by atoms with Crippen LogP contribution in [0.1, 0.15) is 53.7 Å². The number of aromatic amines is 1. The monoisotopic (exact) mass is 436 g/mol. The first-order valence-electron chi connectivity index (χ1n) is 10.7. The number of H-pyrrole nitrogens is 1. The Balaban J connectivity index is 1.51. The van der Waals surface area contributed by atoms with Crippen molar-refractivity contribution >= 4 is 16.9 Å². The summed E-state index contributed by atoms with van der Waals surface area (Å²) in [4.78, 5) is 46.6. The number of hydrogen-bond acceptors (Lipinski definition) is 6. The predicted octanol–water partition coefficient (Wildman–Crippen LogP) is 2.41. The van der Waals surface area contributed by atoms with Crippen molar-refractivity contribution in [1.82, 2.24) is 19.4 Å². The summed E-state index contributed by atoms with van der Waals surface area (Å²) in [5.74, 6) is 1.05. The highest BCUT2D eigenvalue weighted by Gasteiger charge is 2.32. The maximum atomic E-state index is 13.4. The van der Waals surface area contributed by atoms with Crippen LogP contribution in [0.25, 0.3) is 11.0 Å². The molecule has 32 heavy (non-hydrogen) atoms. The van der Waals surface area contributed by atoms with Crippen molar-refractivity contribution < 1.29 is 14.3 Å². The number of amides is 1. The van der Waals surface area contributed by atoms with E-state index in [0.717, 1.165) is 31.2 Å². The standard InChI is InChI=1S/C23H24N4O5/c1-31-18-8-5-13(11-19(18)32-2)17-4-3-9-26(17)22(29)14-10-16-20(24-12-14)27(15-6-7-15)23(30)25-21(16)28/h5,8,10-12,15,17H,3-4,6-7,9H2,1-2H3,(H,25,28,30). The fraction of sp³-hybridized carbons (Fsp3) is 0.391. The average molecular weight is 436 g/mol. The van der Waals surface area contributed by atoms with Crippen molar-refractivity contribution in [2.75, 3.05) is 20.8 Å². The second-order valence-electron chi connectivity index (χ2n) is 8.23. The molecule has 1 saturated heterocycles. The first-order valence-corrected chi connectivity index (χ1v) is 10.7. The minimum atomic E-state index is -0.526. The molecule has 2 aromatic heterocycles. The molecule has 1 aromatic carbocycles. The third-order valence-corrected chi connectivity index (χ3v) is 6.24. The average Bonchev–Trinajstić information content (AvgIpc) is 3.52. The molecule has 3 aromatic rings. The van der Waals surface area contributed by atoms with Crippen LogP contribution >= 0.6 is 0 Å². The van der Waals surface area contributed by atoms with Crippen LogP contribution < -0.4 is 20.7 Å². The summed E-state index contributed by atoms with van der Waals surface area (Å²) in [5, 5.41) is 0.254. The summed E-state index contributed by atoms with van der Waals surface area (Å²) in [6.07, 6.45) is 4.92. The molecular formula is C23H24N4O5. The quantitative estimate of drug-likeness (QED) is 0.658. The Labute approximate surface area is 183 Å². The number of hydrogen-bond donors (Lipinski definition) is 1. The van der Waals surface area contributed by atoms with Gasteiger partial charge in [0, 0.05) is 18.8 Å². The van der Waals surface area contributed by atoms with Gasteiger partial charge in [0.1, 0.15) is 5.65 Å². The van der Waals surface area contributed by atoms with Gasteiger partial charge in [0.25, 0.3) is 11.5 Å². The van der Waals surface area contributed by atoms with E-state index in [1.165, 1.54) is 10.8 Å². The lowest BCUT2D eigenvalue weighted by Gasteiger charge is -2.26. The molecule has 1 N–H and O–H groups in total. The topological polar surface area (TPSA) is 107 Å². The molecule has 0 bridgehead atoms. The smallest absolute Gasteiger partial charge is 0.330 e. The molecule has 1 aliphatic carbocycles. The molecule has 1 atom stereocenters. The van der Waals surface area contributed by atoms with E-state index < -0.39 is 11.2 Å². The third-order valence-electron chi connectivity index (χ3n) is 6.24. The highest BCUT2D eigenvalue weighted by molar-refractivity contribution is 5.97. The van der Waals surface area contributed by atoms with Crippen molar-refractivity contribution in [1.29, 1.82) is 0 Å². The highest BCUT2D eigenvalue weighted by atomic mass is 16.5. The van der Waals surface area contributed by atoms with E-state index in [4.69, 9.17) is 9.47 Å². The van der Waals surface area contributed by atoms with E-state index >= 15 is 0 Å². The van der Waals surface area contributed by atoms with Crippen LogP contribution in [0.3, 0.4) is 0 Å². The number of carbonyl (C=O) groups excluding carboxylic acids is 1. The van der Waals surface area contributed by atoms with Crippen LogP contribution in [0.15, 0.2) is 40.1 Å². The molecule has 2 aliphatic rings. The van der Waals surface area contributed by atoms with Crippen molar-refractivity contribution in [3.8, 4) is 11.5 Å². The van der Waals surface area contributed by atoms with Gasteiger partial charge in [-0.1, -0.05) is 6.07 Å². The van der Waals surface area contributed by atoms with Gasteiger partial charge in [0.2, 0.25) is 0 Å². The molecule has 1 unspecified atom stereocenters. The van der Waals surface area contributed by atoms with E-state index in [9.17, 15) is 14.4 Å². The second kappa shape index (κ2) is 7.81. The van der Waals surface area contributed by atoms with E-state index in [-0.39, 0.29) is 23.4 Å². The molecule has 3 heterocycles. The number of nitrogens with zero attached hydrogens (tertiary/aromatic N) is 3. The van der Waals surface area contributed by atoms with Crippen LogP contribution in [-0.4, -0.2) is 46.1 Å². The van der Waals surface area contributed by atoms with E-state index in [0.29, 0.717) is 29.3 Å². The van der Waals surface area contributed by atoms with Crippen molar-refractivity contribution in [3.05, 3.63) is 62.4 Å². The molecule has 5 rings (SSSR count).